The molecule has 112 valence electrons. The topological polar surface area (TPSA) is 20.3 Å². The summed E-state index contributed by atoms with van der Waals surface area (Å²) in [5.74, 6) is 0.569. The molecule has 0 bridgehead atoms. The number of carbonyl (C=O) groups excluding carboxylic acids is 1. The molecule has 0 saturated carbocycles. The van der Waals surface area contributed by atoms with Crippen LogP contribution in [-0.4, -0.2) is 30.8 Å². The third-order valence-electron chi connectivity index (χ3n) is 3.96. The molecule has 0 amide bonds. The quantitative estimate of drug-likeness (QED) is 0.779. The van der Waals surface area contributed by atoms with Crippen molar-refractivity contribution in [1.29, 1.82) is 0 Å². The minimum Gasteiger partial charge on any atom is -0.305 e. The summed E-state index contributed by atoms with van der Waals surface area (Å²) in [7, 11) is 2.18. The van der Waals surface area contributed by atoms with E-state index in [4.69, 9.17) is 0 Å². The molecule has 2 nitrogen and oxygen atoms in total. The summed E-state index contributed by atoms with van der Waals surface area (Å²) in [5, 5.41) is 0. The van der Waals surface area contributed by atoms with Crippen molar-refractivity contribution < 1.29 is 4.79 Å². The standard InChI is InChI=1S/C17H19NOS.ClH/c1-12(19)16-10-14-8-9-18(2)11-15(17(14)20-16)13-6-4-3-5-7-13;/h3-7,10,15H,8-9,11H2,1-2H3;1H. The van der Waals surface area contributed by atoms with Crippen LogP contribution < -0.4 is 0 Å². The van der Waals surface area contributed by atoms with Crippen LogP contribution in [0.3, 0.4) is 0 Å². The van der Waals surface area contributed by atoms with Crippen molar-refractivity contribution in [2.75, 3.05) is 20.1 Å². The van der Waals surface area contributed by atoms with Crippen LogP contribution in [0.15, 0.2) is 36.4 Å². The van der Waals surface area contributed by atoms with Crippen molar-refractivity contribution in [3.05, 3.63) is 57.3 Å². The fraction of sp³-hybridized carbons (Fsp3) is 0.353. The molecule has 3 rings (SSSR count). The molecule has 0 fully saturated rings. The Morgan fingerprint density at radius 2 is 2.00 bits per heavy atom. The van der Waals surface area contributed by atoms with Crippen molar-refractivity contribution in [2.45, 2.75) is 19.3 Å². The van der Waals surface area contributed by atoms with Gasteiger partial charge in [0.15, 0.2) is 5.78 Å². The maximum atomic E-state index is 11.7. The van der Waals surface area contributed by atoms with Crippen LogP contribution in [0.5, 0.6) is 0 Å². The van der Waals surface area contributed by atoms with Crippen LogP contribution in [-0.2, 0) is 6.42 Å². The zero-order chi connectivity index (χ0) is 14.1. The number of thiophene rings is 1. The first-order chi connectivity index (χ1) is 9.65. The van der Waals surface area contributed by atoms with Crippen LogP contribution in [0.2, 0.25) is 0 Å². The molecule has 1 atom stereocenters. The Labute approximate surface area is 136 Å². The second kappa shape index (κ2) is 6.73. The molecule has 0 radical (unpaired) electrons. The lowest BCUT2D eigenvalue weighted by Gasteiger charge is -2.20. The lowest BCUT2D eigenvalue weighted by atomic mass is 9.95. The summed E-state index contributed by atoms with van der Waals surface area (Å²) in [6.07, 6.45) is 1.04. The number of ketones is 1. The molecule has 21 heavy (non-hydrogen) atoms. The number of carbonyl (C=O) groups is 1. The van der Waals surface area contributed by atoms with E-state index in [0.29, 0.717) is 5.92 Å². The van der Waals surface area contributed by atoms with Crippen LogP contribution in [0.1, 0.15) is 38.5 Å². The molecule has 0 saturated heterocycles. The van der Waals surface area contributed by atoms with Gasteiger partial charge in [-0.25, -0.2) is 0 Å². The largest absolute Gasteiger partial charge is 0.305 e. The molecular formula is C17H20ClNOS. The fourth-order valence-electron chi connectivity index (χ4n) is 2.85. The van der Waals surface area contributed by atoms with Gasteiger partial charge in [0.2, 0.25) is 0 Å². The highest BCUT2D eigenvalue weighted by Gasteiger charge is 2.25. The van der Waals surface area contributed by atoms with E-state index in [2.05, 4.69) is 48.3 Å². The minimum atomic E-state index is 0. The zero-order valence-corrected chi connectivity index (χ0v) is 14.0. The van der Waals surface area contributed by atoms with Crippen molar-refractivity contribution >= 4 is 29.5 Å². The van der Waals surface area contributed by atoms with Gasteiger partial charge in [-0.05, 0) is 37.6 Å². The summed E-state index contributed by atoms with van der Waals surface area (Å²) >= 11 is 1.69. The van der Waals surface area contributed by atoms with E-state index in [1.807, 2.05) is 0 Å². The second-order valence-corrected chi connectivity index (χ2v) is 6.62. The van der Waals surface area contributed by atoms with E-state index in [9.17, 15) is 4.79 Å². The molecule has 1 aromatic heterocycles. The zero-order valence-electron chi connectivity index (χ0n) is 12.3. The summed E-state index contributed by atoms with van der Waals surface area (Å²) in [6, 6.07) is 12.7. The Hall–Kier alpha value is -1.16. The molecule has 4 heteroatoms. The lowest BCUT2D eigenvalue weighted by Crippen LogP contribution is -2.24. The SMILES string of the molecule is CC(=O)c1cc2c(s1)C(c1ccccc1)CN(C)CC2.Cl. The maximum absolute atomic E-state index is 11.7. The number of hydrogen-bond acceptors (Lipinski definition) is 3. The molecule has 1 aliphatic rings. The van der Waals surface area contributed by atoms with Gasteiger partial charge in [0, 0.05) is 23.9 Å². The van der Waals surface area contributed by atoms with Gasteiger partial charge >= 0.3 is 0 Å². The molecule has 2 heterocycles. The number of fused-ring (bicyclic) bond motifs is 1. The molecule has 2 aromatic rings. The van der Waals surface area contributed by atoms with Gasteiger partial charge in [-0.15, -0.1) is 23.7 Å². The first kappa shape index (κ1) is 16.2. The lowest BCUT2D eigenvalue weighted by molar-refractivity contribution is 0.102. The van der Waals surface area contributed by atoms with E-state index in [-0.39, 0.29) is 18.2 Å². The highest BCUT2D eigenvalue weighted by molar-refractivity contribution is 7.14. The predicted octanol–water partition coefficient (Wildman–Crippen LogP) is 3.99. The highest BCUT2D eigenvalue weighted by atomic mass is 35.5. The second-order valence-electron chi connectivity index (χ2n) is 5.53. The van der Waals surface area contributed by atoms with Crippen LogP contribution in [0, 0.1) is 0 Å². The van der Waals surface area contributed by atoms with E-state index in [0.717, 1.165) is 24.4 Å². The van der Waals surface area contributed by atoms with E-state index in [1.54, 1.807) is 18.3 Å². The molecule has 0 aliphatic carbocycles. The van der Waals surface area contributed by atoms with E-state index >= 15 is 0 Å². The Balaban J connectivity index is 0.00000161. The molecule has 0 spiro atoms. The molecule has 0 N–H and O–H groups in total. The Kier molecular flexibility index (Phi) is 5.20. The highest BCUT2D eigenvalue weighted by Crippen LogP contribution is 2.37. The summed E-state index contributed by atoms with van der Waals surface area (Å²) in [6.45, 7) is 3.74. The smallest absolute Gasteiger partial charge is 0.169 e. The number of benzene rings is 1. The van der Waals surface area contributed by atoms with Crippen LogP contribution >= 0.6 is 23.7 Å². The van der Waals surface area contributed by atoms with Crippen LogP contribution in [0.4, 0.5) is 0 Å². The average Bonchev–Trinajstić information content (AvgIpc) is 2.81. The Bertz CT molecular complexity index is 623. The molecule has 1 aromatic carbocycles. The van der Waals surface area contributed by atoms with Crippen molar-refractivity contribution in [1.82, 2.24) is 4.90 Å². The molecule has 1 aliphatic heterocycles. The average molecular weight is 322 g/mol. The first-order valence-corrected chi connectivity index (χ1v) is 7.84. The van der Waals surface area contributed by atoms with Crippen LogP contribution in [0.25, 0.3) is 0 Å². The minimum absolute atomic E-state index is 0. The maximum Gasteiger partial charge on any atom is 0.169 e. The first-order valence-electron chi connectivity index (χ1n) is 7.02. The van der Waals surface area contributed by atoms with Gasteiger partial charge < -0.3 is 4.90 Å². The van der Waals surface area contributed by atoms with Gasteiger partial charge in [-0.3, -0.25) is 4.79 Å². The molecule has 1 unspecified atom stereocenters. The Morgan fingerprint density at radius 3 is 2.67 bits per heavy atom. The van der Waals surface area contributed by atoms with E-state index < -0.39 is 0 Å². The van der Waals surface area contributed by atoms with Gasteiger partial charge in [0.05, 0.1) is 4.88 Å². The number of Topliss-reactive ketones (excluding diaryl/α,β-unsaturated/α-hetero) is 1. The van der Waals surface area contributed by atoms with Gasteiger partial charge in [0.25, 0.3) is 0 Å². The normalized spacial score (nSPS) is 18.5. The number of hydrogen-bond donors (Lipinski definition) is 0. The fourth-order valence-corrected chi connectivity index (χ4v) is 4.07. The summed E-state index contributed by atoms with van der Waals surface area (Å²) in [4.78, 5) is 16.3. The van der Waals surface area contributed by atoms with Crippen molar-refractivity contribution in [3.63, 3.8) is 0 Å². The van der Waals surface area contributed by atoms with Gasteiger partial charge in [0.1, 0.15) is 0 Å². The number of halogens is 1. The van der Waals surface area contributed by atoms with Gasteiger partial charge in [-0.2, -0.15) is 0 Å². The Morgan fingerprint density at radius 1 is 1.29 bits per heavy atom. The van der Waals surface area contributed by atoms with Crippen molar-refractivity contribution in [2.24, 2.45) is 0 Å². The third kappa shape index (κ3) is 3.37. The van der Waals surface area contributed by atoms with Gasteiger partial charge in [-0.1, -0.05) is 30.3 Å². The van der Waals surface area contributed by atoms with E-state index in [1.165, 1.54) is 16.0 Å². The predicted molar refractivity (Wildman–Crippen MR) is 91.1 cm³/mol. The number of rotatable bonds is 2. The summed E-state index contributed by atoms with van der Waals surface area (Å²) in [5.41, 5.74) is 2.71. The number of likely N-dealkylation sites (N-methyl/N-ethyl adjacent to an activating group) is 1. The monoisotopic (exact) mass is 321 g/mol. The number of nitrogens with zero attached hydrogens (tertiary/aromatic N) is 1. The third-order valence-corrected chi connectivity index (χ3v) is 5.36. The molecular weight excluding hydrogens is 302 g/mol. The van der Waals surface area contributed by atoms with Crippen molar-refractivity contribution in [3.8, 4) is 0 Å². The summed E-state index contributed by atoms with van der Waals surface area (Å²) < 4.78 is 0.